The van der Waals surface area contributed by atoms with E-state index in [1.807, 2.05) is 32.6 Å². The summed E-state index contributed by atoms with van der Waals surface area (Å²) >= 11 is 0. The Balaban J connectivity index is 2.99. The second-order valence-corrected chi connectivity index (χ2v) is 6.37. The van der Waals surface area contributed by atoms with Crippen molar-refractivity contribution in [3.8, 4) is 0 Å². The molecule has 1 aliphatic heterocycles. The minimum absolute atomic E-state index is 0.159. The van der Waals surface area contributed by atoms with Gasteiger partial charge in [-0.2, -0.15) is 0 Å². The average molecular weight is 255 g/mol. The van der Waals surface area contributed by atoms with Crippen molar-refractivity contribution >= 4 is 11.9 Å². The van der Waals surface area contributed by atoms with Gasteiger partial charge in [0.1, 0.15) is 5.92 Å². The summed E-state index contributed by atoms with van der Waals surface area (Å²) in [6, 6.07) is 0.364. The van der Waals surface area contributed by atoms with E-state index in [1.54, 1.807) is 0 Å². The molecule has 0 aromatic carbocycles. The van der Waals surface area contributed by atoms with Crippen LogP contribution in [0.15, 0.2) is 0 Å². The van der Waals surface area contributed by atoms with Crippen LogP contribution in [0.4, 0.5) is 0 Å². The lowest BCUT2D eigenvalue weighted by molar-refractivity contribution is -0.157. The average Bonchev–Trinajstić information content (AvgIpc) is 2.56. The maximum absolute atomic E-state index is 12.6. The molecule has 0 aromatic rings. The molecule has 1 fully saturated rings. The normalized spacial score (nSPS) is 26.2. The van der Waals surface area contributed by atoms with Crippen LogP contribution in [0.5, 0.6) is 0 Å². The van der Waals surface area contributed by atoms with E-state index in [1.165, 1.54) is 0 Å². The van der Waals surface area contributed by atoms with Crippen molar-refractivity contribution in [1.29, 1.82) is 0 Å². The summed E-state index contributed by atoms with van der Waals surface area (Å²) in [5.74, 6) is -2.18. The molecule has 0 spiro atoms. The number of hydrogen-bond donors (Lipinski definition) is 1. The Morgan fingerprint density at radius 3 is 2.28 bits per heavy atom. The van der Waals surface area contributed by atoms with Crippen molar-refractivity contribution < 1.29 is 14.7 Å². The number of amides is 1. The van der Waals surface area contributed by atoms with Gasteiger partial charge >= 0.3 is 5.97 Å². The molecule has 0 aliphatic carbocycles. The summed E-state index contributed by atoms with van der Waals surface area (Å²) in [5.41, 5.74) is -0.552. The Morgan fingerprint density at radius 1 is 1.33 bits per heavy atom. The number of aliphatic carboxylic acids is 1. The monoisotopic (exact) mass is 255 g/mol. The zero-order chi connectivity index (χ0) is 14.1. The highest BCUT2D eigenvalue weighted by molar-refractivity contribution is 5.98. The van der Waals surface area contributed by atoms with Gasteiger partial charge in [-0.15, -0.1) is 0 Å². The fraction of sp³-hybridized carbons (Fsp3) is 0.857. The van der Waals surface area contributed by atoms with Gasteiger partial charge in [-0.3, -0.25) is 9.59 Å². The van der Waals surface area contributed by atoms with E-state index in [4.69, 9.17) is 0 Å². The highest BCUT2D eigenvalue weighted by Gasteiger charge is 2.44. The summed E-state index contributed by atoms with van der Waals surface area (Å²) in [6.07, 6.45) is 2.85. The number of carbonyl (C=O) groups is 2. The first-order chi connectivity index (χ1) is 8.20. The Morgan fingerprint density at radius 2 is 1.89 bits per heavy atom. The lowest BCUT2D eigenvalue weighted by Crippen LogP contribution is -2.49. The van der Waals surface area contributed by atoms with Crippen LogP contribution in [-0.2, 0) is 9.59 Å². The van der Waals surface area contributed by atoms with Gasteiger partial charge in [-0.1, -0.05) is 27.7 Å². The molecule has 1 saturated heterocycles. The Bertz CT molecular complexity index is 332. The second kappa shape index (κ2) is 5.29. The summed E-state index contributed by atoms with van der Waals surface area (Å²) < 4.78 is 0. The fourth-order valence-electron chi connectivity index (χ4n) is 2.87. The van der Waals surface area contributed by atoms with Crippen molar-refractivity contribution in [2.75, 3.05) is 0 Å². The van der Waals surface area contributed by atoms with E-state index in [9.17, 15) is 14.7 Å². The van der Waals surface area contributed by atoms with Gasteiger partial charge in [0.2, 0.25) is 5.91 Å². The van der Waals surface area contributed by atoms with Crippen LogP contribution >= 0.6 is 0 Å². The third-order valence-corrected chi connectivity index (χ3v) is 3.87. The quantitative estimate of drug-likeness (QED) is 0.788. The Labute approximate surface area is 109 Å². The number of likely N-dealkylation sites (tertiary alicyclic amines) is 1. The first-order valence-corrected chi connectivity index (χ1v) is 6.75. The van der Waals surface area contributed by atoms with Crippen molar-refractivity contribution in [3.63, 3.8) is 0 Å². The zero-order valence-corrected chi connectivity index (χ0v) is 12.1. The lowest BCUT2D eigenvalue weighted by Gasteiger charge is -2.35. The van der Waals surface area contributed by atoms with Gasteiger partial charge < -0.3 is 10.0 Å². The third-order valence-electron chi connectivity index (χ3n) is 3.87. The van der Waals surface area contributed by atoms with Crippen LogP contribution in [-0.4, -0.2) is 34.0 Å². The zero-order valence-electron chi connectivity index (χ0n) is 12.1. The molecule has 1 N–H and O–H groups in total. The maximum Gasteiger partial charge on any atom is 0.316 e. The number of carboxylic acid groups (broad SMARTS) is 1. The van der Waals surface area contributed by atoms with Gasteiger partial charge in [0.25, 0.3) is 0 Å². The van der Waals surface area contributed by atoms with Crippen molar-refractivity contribution in [2.45, 2.75) is 66.0 Å². The summed E-state index contributed by atoms with van der Waals surface area (Å²) in [5, 5.41) is 9.34. The predicted octanol–water partition coefficient (Wildman–Crippen LogP) is 2.52. The second-order valence-electron chi connectivity index (χ2n) is 6.37. The molecule has 3 unspecified atom stereocenters. The molecule has 3 atom stereocenters. The molecule has 1 amide bonds. The Hall–Kier alpha value is -1.06. The molecule has 4 nitrogen and oxygen atoms in total. The molecule has 0 aromatic heterocycles. The van der Waals surface area contributed by atoms with E-state index in [2.05, 4.69) is 6.92 Å². The highest BCUT2D eigenvalue weighted by Crippen LogP contribution is 2.33. The van der Waals surface area contributed by atoms with Crippen molar-refractivity contribution in [2.24, 2.45) is 11.3 Å². The molecule has 0 saturated carbocycles. The fourth-order valence-corrected chi connectivity index (χ4v) is 2.87. The number of rotatable bonds is 3. The summed E-state index contributed by atoms with van der Waals surface area (Å²) in [4.78, 5) is 25.8. The maximum atomic E-state index is 12.6. The Kier molecular flexibility index (Phi) is 4.41. The number of carbonyl (C=O) groups excluding carboxylic acids is 1. The first kappa shape index (κ1) is 15.0. The number of nitrogens with zero attached hydrogens (tertiary/aromatic N) is 1. The standard InChI is InChI=1S/C14H25NO3/c1-6-10-8-7-9(2)15(10)12(16)11(13(17)18)14(3,4)5/h9-11H,6-8H2,1-5H3,(H,17,18). The number of carboxylic acids is 1. The minimum Gasteiger partial charge on any atom is -0.481 e. The van der Waals surface area contributed by atoms with E-state index < -0.39 is 17.3 Å². The predicted molar refractivity (Wildman–Crippen MR) is 70.2 cm³/mol. The third kappa shape index (κ3) is 2.85. The summed E-state index contributed by atoms with van der Waals surface area (Å²) in [6.45, 7) is 9.49. The topological polar surface area (TPSA) is 57.6 Å². The molecular weight excluding hydrogens is 230 g/mol. The van der Waals surface area contributed by atoms with Crippen LogP contribution < -0.4 is 0 Å². The van der Waals surface area contributed by atoms with E-state index >= 15 is 0 Å². The molecule has 18 heavy (non-hydrogen) atoms. The van der Waals surface area contributed by atoms with E-state index in [-0.39, 0.29) is 18.0 Å². The molecule has 1 rings (SSSR count). The lowest BCUT2D eigenvalue weighted by atomic mass is 9.79. The molecule has 1 aliphatic rings. The molecular formula is C14H25NO3. The van der Waals surface area contributed by atoms with Crippen LogP contribution in [0.25, 0.3) is 0 Å². The highest BCUT2D eigenvalue weighted by atomic mass is 16.4. The smallest absolute Gasteiger partial charge is 0.316 e. The SMILES string of the molecule is CCC1CCC(C)N1C(=O)C(C(=O)O)C(C)(C)C. The van der Waals surface area contributed by atoms with Gasteiger partial charge in [0.05, 0.1) is 0 Å². The van der Waals surface area contributed by atoms with Gasteiger partial charge in [-0.25, -0.2) is 0 Å². The van der Waals surface area contributed by atoms with Gasteiger partial charge in [0.15, 0.2) is 0 Å². The van der Waals surface area contributed by atoms with Crippen LogP contribution in [0.2, 0.25) is 0 Å². The van der Waals surface area contributed by atoms with E-state index in [0.29, 0.717) is 0 Å². The molecule has 4 heteroatoms. The van der Waals surface area contributed by atoms with Crippen LogP contribution in [0.1, 0.15) is 53.9 Å². The number of hydrogen-bond acceptors (Lipinski definition) is 2. The molecule has 1 heterocycles. The molecule has 0 radical (unpaired) electrons. The van der Waals surface area contributed by atoms with Crippen molar-refractivity contribution in [3.05, 3.63) is 0 Å². The van der Waals surface area contributed by atoms with Crippen molar-refractivity contribution in [1.82, 2.24) is 4.90 Å². The first-order valence-electron chi connectivity index (χ1n) is 6.75. The summed E-state index contributed by atoms with van der Waals surface area (Å²) in [7, 11) is 0. The molecule has 104 valence electrons. The van der Waals surface area contributed by atoms with Crippen LogP contribution in [0, 0.1) is 11.3 Å². The van der Waals surface area contributed by atoms with Crippen LogP contribution in [0.3, 0.4) is 0 Å². The van der Waals surface area contributed by atoms with Gasteiger partial charge in [0, 0.05) is 12.1 Å². The minimum atomic E-state index is -1.01. The largest absolute Gasteiger partial charge is 0.481 e. The van der Waals surface area contributed by atoms with Gasteiger partial charge in [-0.05, 0) is 31.6 Å². The van der Waals surface area contributed by atoms with E-state index in [0.717, 1.165) is 19.3 Å². The molecule has 0 bridgehead atoms.